The van der Waals surface area contributed by atoms with Crippen molar-refractivity contribution in [3.63, 3.8) is 0 Å². The predicted molar refractivity (Wildman–Crippen MR) is 34.9 cm³/mol. The fraction of sp³-hybridized carbons (Fsp3) is 0.200. The molecule has 0 saturated heterocycles. The van der Waals surface area contributed by atoms with E-state index < -0.39 is 0 Å². The molecule has 1 N–H and O–H groups in total. The Morgan fingerprint density at radius 2 is 2.44 bits per heavy atom. The molecule has 0 aromatic carbocycles. The standard InChI is InChI=1S/C5H5NO2S/c1-3(7)4-2-6-5(8)9-4/h2H,1H3,(H,6,8). The van der Waals surface area contributed by atoms with Crippen LogP contribution in [-0.2, 0) is 0 Å². The van der Waals surface area contributed by atoms with Gasteiger partial charge in [0, 0.05) is 13.1 Å². The normalized spacial score (nSPS) is 9.44. The summed E-state index contributed by atoms with van der Waals surface area (Å²) in [5, 5.41) is 0. The molecule has 1 aromatic rings. The van der Waals surface area contributed by atoms with Crippen molar-refractivity contribution >= 4 is 17.1 Å². The van der Waals surface area contributed by atoms with Crippen molar-refractivity contribution in [2.45, 2.75) is 6.92 Å². The number of carbonyl (C=O) groups is 1. The highest BCUT2D eigenvalue weighted by molar-refractivity contribution is 7.11. The number of nitrogens with one attached hydrogen (secondary N) is 1. The third-order valence-corrected chi connectivity index (χ3v) is 1.80. The van der Waals surface area contributed by atoms with Crippen LogP contribution < -0.4 is 4.87 Å². The van der Waals surface area contributed by atoms with Crippen LogP contribution in [0.1, 0.15) is 16.6 Å². The van der Waals surface area contributed by atoms with Crippen molar-refractivity contribution in [2.75, 3.05) is 0 Å². The molecular weight excluding hydrogens is 138 g/mol. The average Bonchev–Trinajstić information content (AvgIpc) is 2.14. The van der Waals surface area contributed by atoms with E-state index >= 15 is 0 Å². The van der Waals surface area contributed by atoms with E-state index in [1.165, 1.54) is 13.1 Å². The second-order valence-electron chi connectivity index (χ2n) is 1.60. The van der Waals surface area contributed by atoms with Gasteiger partial charge < -0.3 is 4.98 Å². The number of hydrogen-bond acceptors (Lipinski definition) is 3. The molecule has 1 heterocycles. The number of carbonyl (C=O) groups excluding carboxylic acids is 1. The molecule has 9 heavy (non-hydrogen) atoms. The van der Waals surface area contributed by atoms with Gasteiger partial charge >= 0.3 is 4.87 Å². The lowest BCUT2D eigenvalue weighted by Crippen LogP contribution is -1.88. The molecule has 0 fully saturated rings. The number of aromatic amines is 1. The molecule has 0 saturated carbocycles. The largest absolute Gasteiger partial charge is 0.319 e. The van der Waals surface area contributed by atoms with Crippen LogP contribution in [0.15, 0.2) is 11.0 Å². The number of rotatable bonds is 1. The highest BCUT2D eigenvalue weighted by Crippen LogP contribution is 1.99. The van der Waals surface area contributed by atoms with E-state index in [1.807, 2.05) is 0 Å². The molecule has 1 rings (SSSR count). The van der Waals surface area contributed by atoms with Crippen molar-refractivity contribution in [2.24, 2.45) is 0 Å². The topological polar surface area (TPSA) is 49.9 Å². The van der Waals surface area contributed by atoms with Crippen molar-refractivity contribution in [1.82, 2.24) is 4.98 Å². The number of thiazole rings is 1. The summed E-state index contributed by atoms with van der Waals surface area (Å²) in [7, 11) is 0. The van der Waals surface area contributed by atoms with Gasteiger partial charge in [0.05, 0.1) is 4.88 Å². The van der Waals surface area contributed by atoms with E-state index in [4.69, 9.17) is 0 Å². The lowest BCUT2D eigenvalue weighted by Gasteiger charge is -1.77. The summed E-state index contributed by atoms with van der Waals surface area (Å²) >= 11 is 0.935. The van der Waals surface area contributed by atoms with Crippen molar-refractivity contribution in [1.29, 1.82) is 0 Å². The molecule has 0 aliphatic rings. The van der Waals surface area contributed by atoms with Crippen LogP contribution in [-0.4, -0.2) is 10.8 Å². The molecule has 0 spiro atoms. The van der Waals surface area contributed by atoms with Gasteiger partial charge in [0.2, 0.25) is 0 Å². The first-order valence-corrected chi connectivity index (χ1v) is 3.21. The van der Waals surface area contributed by atoms with E-state index in [0.717, 1.165) is 11.3 Å². The quantitative estimate of drug-likeness (QED) is 0.586. The van der Waals surface area contributed by atoms with Gasteiger partial charge in [-0.3, -0.25) is 9.59 Å². The van der Waals surface area contributed by atoms with Crippen LogP contribution in [0.25, 0.3) is 0 Å². The summed E-state index contributed by atoms with van der Waals surface area (Å²) < 4.78 is 0. The Hall–Kier alpha value is -0.900. The second-order valence-corrected chi connectivity index (χ2v) is 2.61. The highest BCUT2D eigenvalue weighted by atomic mass is 32.1. The van der Waals surface area contributed by atoms with Crippen molar-refractivity contribution in [3.8, 4) is 0 Å². The number of hydrogen-bond donors (Lipinski definition) is 1. The van der Waals surface area contributed by atoms with Gasteiger partial charge in [-0.2, -0.15) is 0 Å². The minimum Gasteiger partial charge on any atom is -0.319 e. The lowest BCUT2D eigenvalue weighted by molar-refractivity contribution is 0.102. The molecule has 0 bridgehead atoms. The van der Waals surface area contributed by atoms with E-state index in [1.54, 1.807) is 0 Å². The van der Waals surface area contributed by atoms with E-state index in [-0.39, 0.29) is 10.7 Å². The van der Waals surface area contributed by atoms with Gasteiger partial charge in [0.25, 0.3) is 0 Å². The Labute approximate surface area is 55.3 Å². The van der Waals surface area contributed by atoms with Gasteiger partial charge in [-0.05, 0) is 0 Å². The molecule has 0 radical (unpaired) electrons. The van der Waals surface area contributed by atoms with E-state index in [9.17, 15) is 9.59 Å². The zero-order chi connectivity index (χ0) is 6.85. The van der Waals surface area contributed by atoms with Gasteiger partial charge in [0.1, 0.15) is 0 Å². The summed E-state index contributed by atoms with van der Waals surface area (Å²) in [6, 6.07) is 0. The fourth-order valence-corrected chi connectivity index (χ4v) is 1.04. The Balaban J connectivity index is 3.12. The molecular formula is C5H5NO2S. The maximum absolute atomic E-state index is 10.5. The van der Waals surface area contributed by atoms with Gasteiger partial charge in [0.15, 0.2) is 5.78 Å². The van der Waals surface area contributed by atoms with Crippen LogP contribution in [0.5, 0.6) is 0 Å². The number of H-pyrrole nitrogens is 1. The lowest BCUT2D eigenvalue weighted by atomic mass is 10.4. The molecule has 0 amide bonds. The number of aromatic nitrogens is 1. The van der Waals surface area contributed by atoms with Gasteiger partial charge in [-0.1, -0.05) is 11.3 Å². The Morgan fingerprint density at radius 3 is 2.67 bits per heavy atom. The minimum absolute atomic E-state index is 0.0710. The number of Topliss-reactive ketones (excluding diaryl/α,β-unsaturated/α-hetero) is 1. The SMILES string of the molecule is CC(=O)c1c[nH]c(=O)s1. The van der Waals surface area contributed by atoms with E-state index in [0.29, 0.717) is 4.88 Å². The van der Waals surface area contributed by atoms with Gasteiger partial charge in [-0.15, -0.1) is 0 Å². The summed E-state index contributed by atoms with van der Waals surface area (Å²) in [6.45, 7) is 1.43. The first kappa shape index (κ1) is 6.22. The summed E-state index contributed by atoms with van der Waals surface area (Å²) in [6.07, 6.45) is 1.43. The predicted octanol–water partition coefficient (Wildman–Crippen LogP) is 0.639. The minimum atomic E-state index is -0.180. The van der Waals surface area contributed by atoms with Gasteiger partial charge in [-0.25, -0.2) is 0 Å². The zero-order valence-electron chi connectivity index (χ0n) is 4.80. The Bertz CT molecular complexity index is 272. The van der Waals surface area contributed by atoms with E-state index in [2.05, 4.69) is 4.98 Å². The van der Waals surface area contributed by atoms with Crippen LogP contribution in [0, 0.1) is 0 Å². The van der Waals surface area contributed by atoms with Crippen molar-refractivity contribution in [3.05, 3.63) is 20.7 Å². The highest BCUT2D eigenvalue weighted by Gasteiger charge is 2.00. The third kappa shape index (κ3) is 1.26. The average molecular weight is 143 g/mol. The molecule has 4 heteroatoms. The number of ketones is 1. The maximum atomic E-state index is 10.5. The molecule has 48 valence electrons. The first-order valence-electron chi connectivity index (χ1n) is 2.39. The second kappa shape index (κ2) is 2.14. The Morgan fingerprint density at radius 1 is 1.78 bits per heavy atom. The zero-order valence-corrected chi connectivity index (χ0v) is 5.62. The van der Waals surface area contributed by atoms with Crippen LogP contribution in [0.3, 0.4) is 0 Å². The molecule has 0 unspecified atom stereocenters. The van der Waals surface area contributed by atoms with Crippen LogP contribution in [0.2, 0.25) is 0 Å². The maximum Gasteiger partial charge on any atom is 0.305 e. The molecule has 0 aliphatic carbocycles. The molecule has 0 atom stereocenters. The fourth-order valence-electron chi connectivity index (χ4n) is 0.457. The third-order valence-electron chi connectivity index (χ3n) is 0.871. The summed E-state index contributed by atoms with van der Waals surface area (Å²) in [5.74, 6) is -0.0710. The monoisotopic (exact) mass is 143 g/mol. The first-order chi connectivity index (χ1) is 4.20. The summed E-state index contributed by atoms with van der Waals surface area (Å²) in [4.78, 5) is 23.6. The molecule has 0 aliphatic heterocycles. The molecule has 3 nitrogen and oxygen atoms in total. The van der Waals surface area contributed by atoms with Crippen LogP contribution >= 0.6 is 11.3 Å². The summed E-state index contributed by atoms with van der Waals surface area (Å²) in [5.41, 5.74) is 0. The smallest absolute Gasteiger partial charge is 0.305 e. The van der Waals surface area contributed by atoms with Crippen molar-refractivity contribution < 1.29 is 4.79 Å². The van der Waals surface area contributed by atoms with Crippen LogP contribution in [0.4, 0.5) is 0 Å². The molecule has 1 aromatic heterocycles. The Kier molecular flexibility index (Phi) is 1.48.